The highest BCUT2D eigenvalue weighted by atomic mass is 79.9. The van der Waals surface area contributed by atoms with Gasteiger partial charge in [-0.1, -0.05) is 11.3 Å². The van der Waals surface area contributed by atoms with E-state index in [4.69, 9.17) is 0 Å². The van der Waals surface area contributed by atoms with Crippen LogP contribution in [0.5, 0.6) is 0 Å². The molecule has 4 nitrogen and oxygen atoms in total. The van der Waals surface area contributed by atoms with Crippen molar-refractivity contribution in [2.45, 2.75) is 38.8 Å². The van der Waals surface area contributed by atoms with E-state index in [-0.39, 0.29) is 0 Å². The number of anilines is 1. The number of aromatic nitrogens is 2. The second-order valence-corrected chi connectivity index (χ2v) is 6.42. The van der Waals surface area contributed by atoms with Crippen molar-refractivity contribution < 1.29 is 5.11 Å². The average molecular weight is 280 g/mol. The van der Waals surface area contributed by atoms with E-state index in [0.717, 1.165) is 3.92 Å². The van der Waals surface area contributed by atoms with E-state index in [1.807, 2.05) is 13.8 Å². The summed E-state index contributed by atoms with van der Waals surface area (Å²) in [5, 5.41) is 21.5. The van der Waals surface area contributed by atoms with Crippen LogP contribution in [0, 0.1) is 0 Å². The van der Waals surface area contributed by atoms with Crippen LogP contribution in [-0.2, 0) is 0 Å². The van der Waals surface area contributed by atoms with Crippen LogP contribution in [0.4, 0.5) is 5.13 Å². The molecule has 0 saturated heterocycles. The second-order valence-electron chi connectivity index (χ2n) is 4.17. The SMILES string of the molecule is CC(C)(O)C(C)(C)Nc1nnc(Br)s1. The summed E-state index contributed by atoms with van der Waals surface area (Å²) in [5.41, 5.74) is -1.28. The van der Waals surface area contributed by atoms with Gasteiger partial charge >= 0.3 is 0 Å². The van der Waals surface area contributed by atoms with E-state index in [1.54, 1.807) is 13.8 Å². The molecule has 0 aliphatic rings. The molecular formula is C8H14BrN3OS. The summed E-state index contributed by atoms with van der Waals surface area (Å²) in [6.07, 6.45) is 0. The van der Waals surface area contributed by atoms with Gasteiger partial charge in [-0.25, -0.2) is 0 Å². The summed E-state index contributed by atoms with van der Waals surface area (Å²) in [5.74, 6) is 0. The maximum absolute atomic E-state index is 9.90. The van der Waals surface area contributed by atoms with Crippen molar-refractivity contribution in [3.05, 3.63) is 3.92 Å². The molecule has 2 N–H and O–H groups in total. The zero-order valence-corrected chi connectivity index (χ0v) is 11.0. The molecule has 0 spiro atoms. The van der Waals surface area contributed by atoms with Gasteiger partial charge in [0.2, 0.25) is 5.13 Å². The Morgan fingerprint density at radius 1 is 1.29 bits per heavy atom. The van der Waals surface area contributed by atoms with Crippen molar-refractivity contribution in [2.75, 3.05) is 5.32 Å². The lowest BCUT2D eigenvalue weighted by atomic mass is 9.86. The number of hydrogen-bond acceptors (Lipinski definition) is 5. The molecule has 0 fully saturated rings. The lowest BCUT2D eigenvalue weighted by Gasteiger charge is -2.37. The Kier molecular flexibility index (Phi) is 3.18. The highest BCUT2D eigenvalue weighted by Gasteiger charge is 2.35. The van der Waals surface area contributed by atoms with E-state index in [9.17, 15) is 5.11 Å². The van der Waals surface area contributed by atoms with Crippen molar-refractivity contribution in [1.82, 2.24) is 10.2 Å². The van der Waals surface area contributed by atoms with Crippen molar-refractivity contribution >= 4 is 32.4 Å². The molecule has 0 bridgehead atoms. The lowest BCUT2D eigenvalue weighted by Crippen LogP contribution is -2.51. The number of halogens is 1. The van der Waals surface area contributed by atoms with Crippen LogP contribution in [0.25, 0.3) is 0 Å². The number of aliphatic hydroxyl groups is 1. The third-order valence-electron chi connectivity index (χ3n) is 2.35. The van der Waals surface area contributed by atoms with E-state index in [2.05, 4.69) is 31.4 Å². The van der Waals surface area contributed by atoms with Crippen molar-refractivity contribution in [3.8, 4) is 0 Å². The molecule has 0 radical (unpaired) electrons. The van der Waals surface area contributed by atoms with Crippen LogP contribution in [-0.4, -0.2) is 26.4 Å². The molecule has 0 aromatic carbocycles. The molecule has 0 aliphatic carbocycles. The molecule has 0 unspecified atom stereocenters. The number of hydrogen-bond donors (Lipinski definition) is 2. The van der Waals surface area contributed by atoms with E-state index in [0.29, 0.717) is 5.13 Å². The number of nitrogens with one attached hydrogen (secondary N) is 1. The Bertz CT molecular complexity index is 319. The van der Waals surface area contributed by atoms with Gasteiger partial charge in [-0.3, -0.25) is 0 Å². The van der Waals surface area contributed by atoms with Gasteiger partial charge in [0.25, 0.3) is 0 Å². The van der Waals surface area contributed by atoms with Gasteiger partial charge in [-0.15, -0.1) is 10.2 Å². The molecule has 1 aromatic heterocycles. The van der Waals surface area contributed by atoms with Gasteiger partial charge in [0, 0.05) is 0 Å². The predicted molar refractivity (Wildman–Crippen MR) is 61.6 cm³/mol. The summed E-state index contributed by atoms with van der Waals surface area (Å²) in [6, 6.07) is 0. The normalized spacial score (nSPS) is 13.0. The van der Waals surface area contributed by atoms with Gasteiger partial charge in [0.15, 0.2) is 3.92 Å². The quantitative estimate of drug-likeness (QED) is 0.891. The molecule has 0 aliphatic heterocycles. The fraction of sp³-hybridized carbons (Fsp3) is 0.750. The summed E-state index contributed by atoms with van der Waals surface area (Å²) in [7, 11) is 0. The van der Waals surface area contributed by atoms with Crippen LogP contribution < -0.4 is 5.32 Å². The summed E-state index contributed by atoms with van der Waals surface area (Å²) < 4.78 is 0.728. The Morgan fingerprint density at radius 2 is 1.86 bits per heavy atom. The largest absolute Gasteiger partial charge is 0.388 e. The van der Waals surface area contributed by atoms with Gasteiger partial charge in [-0.05, 0) is 43.6 Å². The number of nitrogens with zero attached hydrogens (tertiary/aromatic N) is 2. The summed E-state index contributed by atoms with van der Waals surface area (Å²) in [6.45, 7) is 7.36. The first-order chi connectivity index (χ1) is 6.22. The lowest BCUT2D eigenvalue weighted by molar-refractivity contribution is 0.0240. The van der Waals surface area contributed by atoms with Crippen molar-refractivity contribution in [3.63, 3.8) is 0 Å². The first-order valence-electron chi connectivity index (χ1n) is 4.22. The summed E-state index contributed by atoms with van der Waals surface area (Å²) >= 11 is 4.64. The smallest absolute Gasteiger partial charge is 0.206 e. The predicted octanol–water partition coefficient (Wildman–Crippen LogP) is 2.26. The third-order valence-corrected chi connectivity index (χ3v) is 3.62. The van der Waals surface area contributed by atoms with Gasteiger partial charge in [0.1, 0.15) is 0 Å². The molecule has 14 heavy (non-hydrogen) atoms. The molecule has 1 heterocycles. The zero-order valence-electron chi connectivity index (χ0n) is 8.63. The Hall–Kier alpha value is -0.200. The van der Waals surface area contributed by atoms with Gasteiger partial charge < -0.3 is 10.4 Å². The maximum atomic E-state index is 9.90. The van der Waals surface area contributed by atoms with Crippen molar-refractivity contribution in [2.24, 2.45) is 0 Å². The first kappa shape index (κ1) is 11.9. The summed E-state index contributed by atoms with van der Waals surface area (Å²) in [4.78, 5) is 0. The van der Waals surface area contributed by atoms with Crippen LogP contribution in [0.1, 0.15) is 27.7 Å². The molecule has 1 rings (SSSR count). The minimum absolute atomic E-state index is 0.452. The van der Waals surface area contributed by atoms with Crippen LogP contribution in [0.2, 0.25) is 0 Å². The zero-order chi connectivity index (χ0) is 11.0. The molecule has 1 aromatic rings. The standard InChI is InChI=1S/C8H14BrN3OS/c1-7(2,8(3,4)13)10-6-12-11-5(9)14-6/h13H,1-4H3,(H,10,12). The monoisotopic (exact) mass is 279 g/mol. The minimum Gasteiger partial charge on any atom is -0.388 e. The van der Waals surface area contributed by atoms with Crippen LogP contribution in [0.15, 0.2) is 3.92 Å². The highest BCUT2D eigenvalue weighted by molar-refractivity contribution is 9.11. The molecule has 0 atom stereocenters. The third kappa shape index (κ3) is 2.65. The maximum Gasteiger partial charge on any atom is 0.206 e. The average Bonchev–Trinajstić information content (AvgIpc) is 2.31. The Morgan fingerprint density at radius 3 is 2.21 bits per heavy atom. The topological polar surface area (TPSA) is 58.0 Å². The fourth-order valence-electron chi connectivity index (χ4n) is 0.676. The van der Waals surface area contributed by atoms with E-state index < -0.39 is 11.1 Å². The number of rotatable bonds is 3. The molecule has 0 saturated carbocycles. The first-order valence-corrected chi connectivity index (χ1v) is 5.83. The minimum atomic E-state index is -0.828. The molecular weight excluding hydrogens is 266 g/mol. The Balaban J connectivity index is 2.78. The second kappa shape index (κ2) is 3.75. The highest BCUT2D eigenvalue weighted by Crippen LogP contribution is 2.28. The van der Waals surface area contributed by atoms with E-state index in [1.165, 1.54) is 11.3 Å². The van der Waals surface area contributed by atoms with Gasteiger partial charge in [-0.2, -0.15) is 0 Å². The van der Waals surface area contributed by atoms with Gasteiger partial charge in [0.05, 0.1) is 11.1 Å². The molecule has 80 valence electrons. The van der Waals surface area contributed by atoms with Crippen LogP contribution >= 0.6 is 27.3 Å². The van der Waals surface area contributed by atoms with Crippen molar-refractivity contribution in [1.29, 1.82) is 0 Å². The Labute approximate surface area is 95.9 Å². The molecule has 0 amide bonds. The molecule has 6 heteroatoms. The van der Waals surface area contributed by atoms with E-state index >= 15 is 0 Å². The van der Waals surface area contributed by atoms with Crippen LogP contribution in [0.3, 0.4) is 0 Å². The fourth-order valence-corrected chi connectivity index (χ4v) is 1.84.